The predicted molar refractivity (Wildman–Crippen MR) is 87.6 cm³/mol. The average Bonchev–Trinajstić information content (AvgIpc) is 2.57. The van der Waals surface area contributed by atoms with Gasteiger partial charge in [-0.25, -0.2) is 0 Å². The second-order valence-electron chi connectivity index (χ2n) is 5.12. The molecule has 2 rings (SSSR count). The normalized spacial score (nSPS) is 12.5. The molecule has 0 aromatic heterocycles. The maximum absolute atomic E-state index is 9.73. The summed E-state index contributed by atoms with van der Waals surface area (Å²) in [4.78, 5) is 2.11. The van der Waals surface area contributed by atoms with Crippen molar-refractivity contribution >= 4 is 10.8 Å². The molecule has 0 spiro atoms. The van der Waals surface area contributed by atoms with Crippen LogP contribution in [0.3, 0.4) is 0 Å². The Hall–Kier alpha value is -1.93. The highest BCUT2D eigenvalue weighted by Crippen LogP contribution is 2.27. The first kappa shape index (κ1) is 16.4. The number of benzene rings is 2. The van der Waals surface area contributed by atoms with Crippen LogP contribution in [0.15, 0.2) is 42.5 Å². The minimum absolute atomic E-state index is 0.309. The summed E-state index contributed by atoms with van der Waals surface area (Å²) >= 11 is 0. The average molecular weight is 298 g/mol. The highest BCUT2D eigenvalue weighted by atomic mass is 16.5. The molecule has 22 heavy (non-hydrogen) atoms. The van der Waals surface area contributed by atoms with Crippen LogP contribution in [0.25, 0.3) is 10.8 Å². The Labute approximate surface area is 131 Å². The van der Waals surface area contributed by atoms with Crippen molar-refractivity contribution in [1.82, 2.24) is 4.90 Å². The molecule has 4 heteroatoms. The summed E-state index contributed by atoms with van der Waals surface area (Å²) in [6.45, 7) is 2.57. The van der Waals surface area contributed by atoms with Crippen LogP contribution in [-0.4, -0.2) is 45.4 Å². The zero-order valence-electron chi connectivity index (χ0n) is 13.2. The van der Waals surface area contributed by atoms with E-state index < -0.39 is 0 Å². The van der Waals surface area contributed by atoms with E-state index >= 15 is 0 Å². The number of methoxy groups -OCH3 is 2. The molecule has 0 aliphatic rings. The van der Waals surface area contributed by atoms with E-state index in [0.717, 1.165) is 16.3 Å². The van der Waals surface area contributed by atoms with E-state index in [1.54, 1.807) is 14.2 Å². The first-order valence-electron chi connectivity index (χ1n) is 7.41. The second kappa shape index (κ2) is 8.50. The largest absolute Gasteiger partial charge is 0.383 e. The summed E-state index contributed by atoms with van der Waals surface area (Å²) in [5.41, 5.74) is 1.04. The summed E-state index contributed by atoms with van der Waals surface area (Å²) in [7, 11) is 3.35. The van der Waals surface area contributed by atoms with Crippen LogP contribution in [0.1, 0.15) is 11.6 Å². The molecule has 0 amide bonds. The molecule has 1 unspecified atom stereocenters. The monoisotopic (exact) mass is 298 g/mol. The van der Waals surface area contributed by atoms with Gasteiger partial charge in [0, 0.05) is 27.3 Å². The van der Waals surface area contributed by atoms with Crippen LogP contribution < -0.4 is 0 Å². The van der Waals surface area contributed by atoms with Crippen molar-refractivity contribution in [2.75, 3.05) is 40.5 Å². The summed E-state index contributed by atoms with van der Waals surface area (Å²) < 4.78 is 10.4. The SMILES string of the molecule is COCCN(CCOC)C(C#N)c1cccc2ccccc12. The van der Waals surface area contributed by atoms with Crippen LogP contribution in [-0.2, 0) is 9.47 Å². The Bertz CT molecular complexity index is 623. The lowest BCUT2D eigenvalue weighted by Crippen LogP contribution is -2.34. The van der Waals surface area contributed by atoms with Gasteiger partial charge in [-0.15, -0.1) is 0 Å². The van der Waals surface area contributed by atoms with Gasteiger partial charge in [0.25, 0.3) is 0 Å². The summed E-state index contributed by atoms with van der Waals surface area (Å²) in [5, 5.41) is 12.0. The second-order valence-corrected chi connectivity index (χ2v) is 5.12. The topological polar surface area (TPSA) is 45.5 Å². The Morgan fingerprint density at radius 3 is 2.27 bits per heavy atom. The van der Waals surface area contributed by atoms with Crippen molar-refractivity contribution in [3.63, 3.8) is 0 Å². The van der Waals surface area contributed by atoms with E-state index in [0.29, 0.717) is 26.3 Å². The molecule has 0 radical (unpaired) electrons. The van der Waals surface area contributed by atoms with Crippen molar-refractivity contribution in [2.24, 2.45) is 0 Å². The molecule has 4 nitrogen and oxygen atoms in total. The fourth-order valence-electron chi connectivity index (χ4n) is 2.62. The number of nitrogens with zero attached hydrogens (tertiary/aromatic N) is 2. The maximum atomic E-state index is 9.73. The van der Waals surface area contributed by atoms with Crippen molar-refractivity contribution in [3.05, 3.63) is 48.0 Å². The van der Waals surface area contributed by atoms with E-state index in [4.69, 9.17) is 9.47 Å². The molecule has 0 saturated heterocycles. The summed E-state index contributed by atoms with van der Waals surface area (Å²) in [6.07, 6.45) is 0. The fourth-order valence-corrected chi connectivity index (χ4v) is 2.62. The summed E-state index contributed by atoms with van der Waals surface area (Å²) in [5.74, 6) is 0. The fraction of sp³-hybridized carbons (Fsp3) is 0.389. The van der Waals surface area contributed by atoms with Gasteiger partial charge in [0.05, 0.1) is 19.3 Å². The van der Waals surface area contributed by atoms with E-state index in [1.807, 2.05) is 24.3 Å². The number of hydrogen-bond acceptors (Lipinski definition) is 4. The number of rotatable bonds is 8. The minimum atomic E-state index is -0.309. The van der Waals surface area contributed by atoms with Gasteiger partial charge in [-0.2, -0.15) is 5.26 Å². The third kappa shape index (κ3) is 3.83. The molecule has 0 bridgehead atoms. The van der Waals surface area contributed by atoms with Crippen molar-refractivity contribution in [3.8, 4) is 6.07 Å². The van der Waals surface area contributed by atoms with Crippen molar-refractivity contribution in [1.29, 1.82) is 5.26 Å². The highest BCUT2D eigenvalue weighted by molar-refractivity contribution is 5.86. The van der Waals surface area contributed by atoms with Gasteiger partial charge in [-0.3, -0.25) is 4.90 Å². The third-order valence-electron chi connectivity index (χ3n) is 3.77. The molecule has 0 aliphatic heterocycles. The number of ether oxygens (including phenoxy) is 2. The Balaban J connectivity index is 2.36. The van der Waals surface area contributed by atoms with Crippen LogP contribution in [0.4, 0.5) is 0 Å². The Kier molecular flexibility index (Phi) is 6.35. The molecule has 0 aliphatic carbocycles. The molecule has 2 aromatic rings. The molecule has 2 aromatic carbocycles. The summed E-state index contributed by atoms with van der Waals surface area (Å²) in [6, 6.07) is 16.4. The molecule has 1 atom stereocenters. The number of hydrogen-bond donors (Lipinski definition) is 0. The molecule has 0 fully saturated rings. The minimum Gasteiger partial charge on any atom is -0.383 e. The standard InChI is InChI=1S/C18H22N2O2/c1-21-12-10-20(11-13-22-2)18(14-19)17-9-5-7-15-6-3-4-8-16(15)17/h3-9,18H,10-13H2,1-2H3. The van der Waals surface area contributed by atoms with Crippen LogP contribution in [0.2, 0.25) is 0 Å². The Morgan fingerprint density at radius 2 is 1.64 bits per heavy atom. The van der Waals surface area contributed by atoms with Gasteiger partial charge in [0.1, 0.15) is 6.04 Å². The first-order chi connectivity index (χ1) is 10.8. The van der Waals surface area contributed by atoms with E-state index in [-0.39, 0.29) is 6.04 Å². The van der Waals surface area contributed by atoms with Crippen LogP contribution in [0, 0.1) is 11.3 Å². The lowest BCUT2D eigenvalue weighted by atomic mass is 9.98. The first-order valence-corrected chi connectivity index (χ1v) is 7.41. The third-order valence-corrected chi connectivity index (χ3v) is 3.77. The van der Waals surface area contributed by atoms with E-state index in [1.165, 1.54) is 0 Å². The smallest absolute Gasteiger partial charge is 0.124 e. The van der Waals surface area contributed by atoms with Gasteiger partial charge in [0.15, 0.2) is 0 Å². The van der Waals surface area contributed by atoms with Gasteiger partial charge < -0.3 is 9.47 Å². The van der Waals surface area contributed by atoms with Crippen LogP contribution in [0.5, 0.6) is 0 Å². The number of fused-ring (bicyclic) bond motifs is 1. The number of nitriles is 1. The maximum Gasteiger partial charge on any atom is 0.124 e. The molecular formula is C18H22N2O2. The quantitative estimate of drug-likeness (QED) is 0.751. The molecule has 0 heterocycles. The molecule has 0 N–H and O–H groups in total. The lowest BCUT2D eigenvalue weighted by molar-refractivity contribution is 0.101. The Morgan fingerprint density at radius 1 is 1.00 bits per heavy atom. The zero-order valence-corrected chi connectivity index (χ0v) is 13.2. The zero-order chi connectivity index (χ0) is 15.8. The lowest BCUT2D eigenvalue weighted by Gasteiger charge is -2.27. The van der Waals surface area contributed by atoms with E-state index in [2.05, 4.69) is 29.2 Å². The molecular weight excluding hydrogens is 276 g/mol. The molecule has 0 saturated carbocycles. The van der Waals surface area contributed by atoms with Crippen molar-refractivity contribution < 1.29 is 9.47 Å². The van der Waals surface area contributed by atoms with Crippen molar-refractivity contribution in [2.45, 2.75) is 6.04 Å². The predicted octanol–water partition coefficient (Wildman–Crippen LogP) is 3.00. The van der Waals surface area contributed by atoms with Gasteiger partial charge in [-0.05, 0) is 16.3 Å². The van der Waals surface area contributed by atoms with Gasteiger partial charge in [-0.1, -0.05) is 42.5 Å². The molecule has 116 valence electrons. The van der Waals surface area contributed by atoms with Gasteiger partial charge >= 0.3 is 0 Å². The van der Waals surface area contributed by atoms with E-state index in [9.17, 15) is 5.26 Å². The van der Waals surface area contributed by atoms with Crippen LogP contribution >= 0.6 is 0 Å². The highest BCUT2D eigenvalue weighted by Gasteiger charge is 2.21. The van der Waals surface area contributed by atoms with Gasteiger partial charge in [0.2, 0.25) is 0 Å².